The summed E-state index contributed by atoms with van der Waals surface area (Å²) < 4.78 is 2.90. The zero-order valence-electron chi connectivity index (χ0n) is 13.1. The van der Waals surface area contributed by atoms with Crippen LogP contribution in [0.1, 0.15) is 0 Å². The standard InChI is InChI=1S/C20H13BrN2O2/c21-16-8-9-19(23(24)25)18(13-16)15-7-6-14-10-11-22(20(14)12-15)17-4-2-1-3-5-17/h1-13H. The van der Waals surface area contributed by atoms with Crippen LogP contribution in [0, 0.1) is 10.1 Å². The summed E-state index contributed by atoms with van der Waals surface area (Å²) in [5.74, 6) is 0. The Kier molecular flexibility index (Phi) is 3.86. The number of fused-ring (bicyclic) bond motifs is 1. The molecule has 0 bridgehead atoms. The number of rotatable bonds is 3. The second-order valence-corrected chi connectivity index (χ2v) is 6.63. The van der Waals surface area contributed by atoms with Crippen LogP contribution in [0.15, 0.2) is 83.5 Å². The molecule has 0 amide bonds. The van der Waals surface area contributed by atoms with E-state index in [4.69, 9.17) is 0 Å². The molecule has 4 rings (SSSR count). The predicted octanol–water partition coefficient (Wildman–Crippen LogP) is 5.97. The number of hydrogen-bond donors (Lipinski definition) is 0. The van der Waals surface area contributed by atoms with E-state index in [0.29, 0.717) is 5.56 Å². The van der Waals surface area contributed by atoms with Gasteiger partial charge in [0.15, 0.2) is 0 Å². The Labute approximate surface area is 152 Å². The zero-order valence-corrected chi connectivity index (χ0v) is 14.7. The highest BCUT2D eigenvalue weighted by Crippen LogP contribution is 2.34. The van der Waals surface area contributed by atoms with E-state index in [2.05, 4.69) is 20.5 Å². The number of benzene rings is 3. The third-order valence-electron chi connectivity index (χ3n) is 4.19. The molecule has 0 N–H and O–H groups in total. The molecule has 25 heavy (non-hydrogen) atoms. The van der Waals surface area contributed by atoms with E-state index in [-0.39, 0.29) is 10.6 Å². The van der Waals surface area contributed by atoms with Gasteiger partial charge in [0.05, 0.1) is 16.0 Å². The van der Waals surface area contributed by atoms with E-state index in [0.717, 1.165) is 26.6 Å². The normalized spacial score (nSPS) is 10.9. The molecule has 0 saturated heterocycles. The minimum Gasteiger partial charge on any atom is -0.317 e. The molecule has 0 aliphatic rings. The molecule has 0 fully saturated rings. The van der Waals surface area contributed by atoms with Gasteiger partial charge in [-0.05, 0) is 47.3 Å². The van der Waals surface area contributed by atoms with E-state index in [1.807, 2.05) is 60.8 Å². The monoisotopic (exact) mass is 392 g/mol. The van der Waals surface area contributed by atoms with Gasteiger partial charge >= 0.3 is 0 Å². The van der Waals surface area contributed by atoms with Gasteiger partial charge in [-0.15, -0.1) is 0 Å². The molecule has 0 radical (unpaired) electrons. The van der Waals surface area contributed by atoms with Gasteiger partial charge in [0.1, 0.15) is 0 Å². The van der Waals surface area contributed by atoms with Crippen LogP contribution in [-0.2, 0) is 0 Å². The smallest absolute Gasteiger partial charge is 0.277 e. The predicted molar refractivity (Wildman–Crippen MR) is 103 cm³/mol. The molecule has 4 aromatic rings. The molecule has 3 aromatic carbocycles. The average molecular weight is 393 g/mol. The third-order valence-corrected chi connectivity index (χ3v) is 4.69. The van der Waals surface area contributed by atoms with Gasteiger partial charge in [0.25, 0.3) is 5.69 Å². The maximum atomic E-state index is 11.4. The molecule has 0 aliphatic heterocycles. The van der Waals surface area contributed by atoms with Gasteiger partial charge in [0, 0.05) is 22.4 Å². The summed E-state index contributed by atoms with van der Waals surface area (Å²) in [6.07, 6.45) is 2.01. The van der Waals surface area contributed by atoms with Crippen molar-refractivity contribution in [3.8, 4) is 16.8 Å². The highest BCUT2D eigenvalue weighted by atomic mass is 79.9. The van der Waals surface area contributed by atoms with Crippen LogP contribution in [0.2, 0.25) is 0 Å². The molecule has 0 saturated carbocycles. The summed E-state index contributed by atoms with van der Waals surface area (Å²) in [5.41, 5.74) is 3.58. The number of nitro benzene ring substituents is 1. The van der Waals surface area contributed by atoms with Crippen molar-refractivity contribution in [2.45, 2.75) is 0 Å². The number of hydrogen-bond acceptors (Lipinski definition) is 2. The van der Waals surface area contributed by atoms with E-state index in [9.17, 15) is 10.1 Å². The van der Waals surface area contributed by atoms with Crippen molar-refractivity contribution < 1.29 is 4.92 Å². The number of aromatic nitrogens is 1. The summed E-state index contributed by atoms with van der Waals surface area (Å²) >= 11 is 3.41. The second kappa shape index (κ2) is 6.18. The van der Waals surface area contributed by atoms with E-state index < -0.39 is 0 Å². The van der Waals surface area contributed by atoms with Crippen LogP contribution in [0.25, 0.3) is 27.7 Å². The summed E-state index contributed by atoms with van der Waals surface area (Å²) in [6, 6.07) is 23.0. The first-order valence-corrected chi connectivity index (χ1v) is 8.53. The third kappa shape index (κ3) is 2.83. The van der Waals surface area contributed by atoms with Crippen molar-refractivity contribution in [2.24, 2.45) is 0 Å². The Balaban J connectivity index is 1.93. The molecular formula is C20H13BrN2O2. The largest absolute Gasteiger partial charge is 0.317 e. The van der Waals surface area contributed by atoms with Gasteiger partial charge in [-0.25, -0.2) is 0 Å². The highest BCUT2D eigenvalue weighted by molar-refractivity contribution is 9.10. The Bertz CT molecular complexity index is 1090. The maximum absolute atomic E-state index is 11.4. The molecule has 0 atom stereocenters. The quantitative estimate of drug-likeness (QED) is 0.318. The van der Waals surface area contributed by atoms with Crippen LogP contribution < -0.4 is 0 Å². The fourth-order valence-electron chi connectivity index (χ4n) is 3.01. The fraction of sp³-hybridized carbons (Fsp3) is 0. The minimum atomic E-state index is -0.345. The SMILES string of the molecule is O=[N+]([O-])c1ccc(Br)cc1-c1ccc2ccn(-c3ccccc3)c2c1. The first-order valence-electron chi connectivity index (χ1n) is 7.74. The summed E-state index contributed by atoms with van der Waals surface area (Å²) in [5, 5.41) is 12.5. The van der Waals surface area contributed by atoms with Gasteiger partial charge in [-0.1, -0.05) is 46.3 Å². The molecule has 1 aromatic heterocycles. The fourth-order valence-corrected chi connectivity index (χ4v) is 3.37. The van der Waals surface area contributed by atoms with Crippen molar-refractivity contribution in [3.63, 3.8) is 0 Å². The topological polar surface area (TPSA) is 48.1 Å². The Morgan fingerprint density at radius 3 is 2.48 bits per heavy atom. The summed E-state index contributed by atoms with van der Waals surface area (Å²) in [6.45, 7) is 0. The molecule has 0 aliphatic carbocycles. The summed E-state index contributed by atoms with van der Waals surface area (Å²) in [7, 11) is 0. The molecule has 122 valence electrons. The first-order chi connectivity index (χ1) is 12.1. The van der Waals surface area contributed by atoms with Crippen LogP contribution >= 0.6 is 15.9 Å². The lowest BCUT2D eigenvalue weighted by molar-refractivity contribution is -0.384. The average Bonchev–Trinajstić information content (AvgIpc) is 3.05. The molecule has 4 nitrogen and oxygen atoms in total. The number of nitrogens with zero attached hydrogens (tertiary/aromatic N) is 2. The van der Waals surface area contributed by atoms with Crippen molar-refractivity contribution in [2.75, 3.05) is 0 Å². The molecule has 1 heterocycles. The van der Waals surface area contributed by atoms with Gasteiger partial charge in [-0.2, -0.15) is 0 Å². The Hall–Kier alpha value is -2.92. The minimum absolute atomic E-state index is 0.0976. The molecule has 5 heteroatoms. The van der Waals surface area contributed by atoms with Gasteiger partial charge < -0.3 is 4.57 Å². The number of halogens is 1. The lowest BCUT2D eigenvalue weighted by Gasteiger charge is -2.08. The zero-order chi connectivity index (χ0) is 17.4. The van der Waals surface area contributed by atoms with Crippen molar-refractivity contribution >= 4 is 32.5 Å². The van der Waals surface area contributed by atoms with Gasteiger partial charge in [-0.3, -0.25) is 10.1 Å². The second-order valence-electron chi connectivity index (χ2n) is 5.71. The van der Waals surface area contributed by atoms with Crippen LogP contribution in [0.5, 0.6) is 0 Å². The molecule has 0 spiro atoms. The summed E-state index contributed by atoms with van der Waals surface area (Å²) in [4.78, 5) is 11.0. The van der Waals surface area contributed by atoms with E-state index in [1.54, 1.807) is 12.1 Å². The Morgan fingerprint density at radius 2 is 1.72 bits per heavy atom. The Morgan fingerprint density at radius 1 is 0.920 bits per heavy atom. The van der Waals surface area contributed by atoms with Crippen molar-refractivity contribution in [1.29, 1.82) is 0 Å². The van der Waals surface area contributed by atoms with Crippen LogP contribution in [0.4, 0.5) is 5.69 Å². The van der Waals surface area contributed by atoms with Gasteiger partial charge in [0.2, 0.25) is 0 Å². The lowest BCUT2D eigenvalue weighted by atomic mass is 10.0. The lowest BCUT2D eigenvalue weighted by Crippen LogP contribution is -1.94. The van der Waals surface area contributed by atoms with Crippen LogP contribution in [-0.4, -0.2) is 9.49 Å². The number of para-hydroxylation sites is 1. The van der Waals surface area contributed by atoms with Crippen LogP contribution in [0.3, 0.4) is 0 Å². The highest BCUT2D eigenvalue weighted by Gasteiger charge is 2.16. The van der Waals surface area contributed by atoms with Crippen molar-refractivity contribution in [1.82, 2.24) is 4.57 Å². The number of nitro groups is 1. The van der Waals surface area contributed by atoms with Crippen molar-refractivity contribution in [3.05, 3.63) is 93.6 Å². The van der Waals surface area contributed by atoms with E-state index in [1.165, 1.54) is 6.07 Å². The maximum Gasteiger partial charge on any atom is 0.277 e. The van der Waals surface area contributed by atoms with E-state index >= 15 is 0 Å². The molecular weight excluding hydrogens is 380 g/mol. The first kappa shape index (κ1) is 15.6. The molecule has 0 unspecified atom stereocenters.